The second-order valence-corrected chi connectivity index (χ2v) is 2.98. The van der Waals surface area contributed by atoms with Gasteiger partial charge in [-0.05, 0) is 6.92 Å². The number of rotatable bonds is 4. The minimum Gasteiger partial charge on any atom is -0.337 e. The average Bonchev–Trinajstić information content (AvgIpc) is 1.96. The molecular formula is C9H16N2O. The first-order chi connectivity index (χ1) is 5.79. The zero-order valence-electron chi connectivity index (χ0n) is 7.55. The van der Waals surface area contributed by atoms with Crippen molar-refractivity contribution >= 4 is 5.91 Å². The highest BCUT2D eigenvalue weighted by Gasteiger charge is 2.25. The van der Waals surface area contributed by atoms with E-state index in [9.17, 15) is 4.79 Å². The lowest BCUT2D eigenvalue weighted by Crippen LogP contribution is -2.58. The number of nitrogens with zero attached hydrogens (tertiary/aromatic N) is 1. The Morgan fingerprint density at radius 3 is 2.75 bits per heavy atom. The van der Waals surface area contributed by atoms with Crippen LogP contribution in [-0.4, -0.2) is 36.5 Å². The van der Waals surface area contributed by atoms with Crippen LogP contribution in [0.3, 0.4) is 0 Å². The summed E-state index contributed by atoms with van der Waals surface area (Å²) < 4.78 is 0. The van der Waals surface area contributed by atoms with Gasteiger partial charge in [0.05, 0.1) is 6.04 Å². The molecule has 68 valence electrons. The normalized spacial score (nSPS) is 16.8. The third-order valence-electron chi connectivity index (χ3n) is 2.18. The van der Waals surface area contributed by atoms with Crippen LogP contribution in [0.4, 0.5) is 0 Å². The molecule has 0 aromatic rings. The van der Waals surface area contributed by atoms with Gasteiger partial charge in [0.15, 0.2) is 0 Å². The van der Waals surface area contributed by atoms with Crippen LogP contribution in [0.5, 0.6) is 0 Å². The molecule has 1 N–H and O–H groups in total. The number of hydrogen-bond acceptors (Lipinski definition) is 2. The van der Waals surface area contributed by atoms with Crippen LogP contribution in [0.2, 0.25) is 0 Å². The maximum atomic E-state index is 11.4. The van der Waals surface area contributed by atoms with Gasteiger partial charge in [-0.3, -0.25) is 4.79 Å². The number of amides is 1. The predicted molar refractivity (Wildman–Crippen MR) is 48.9 cm³/mol. The SMILES string of the molecule is C=CCC(=O)N(CC)C1CNC1. The van der Waals surface area contributed by atoms with E-state index < -0.39 is 0 Å². The van der Waals surface area contributed by atoms with Crippen molar-refractivity contribution in [2.75, 3.05) is 19.6 Å². The predicted octanol–water partition coefficient (Wildman–Crippen LogP) is 0.383. The zero-order chi connectivity index (χ0) is 8.97. The molecule has 0 saturated carbocycles. The highest BCUT2D eigenvalue weighted by molar-refractivity contribution is 5.78. The number of hydrogen-bond donors (Lipinski definition) is 1. The Morgan fingerprint density at radius 2 is 2.42 bits per heavy atom. The minimum absolute atomic E-state index is 0.194. The molecule has 3 heteroatoms. The van der Waals surface area contributed by atoms with Crippen molar-refractivity contribution < 1.29 is 4.79 Å². The van der Waals surface area contributed by atoms with Crippen molar-refractivity contribution in [3.05, 3.63) is 12.7 Å². The monoisotopic (exact) mass is 168 g/mol. The van der Waals surface area contributed by atoms with E-state index in [2.05, 4.69) is 11.9 Å². The maximum Gasteiger partial charge on any atom is 0.226 e. The fourth-order valence-electron chi connectivity index (χ4n) is 1.37. The largest absolute Gasteiger partial charge is 0.337 e. The van der Waals surface area contributed by atoms with E-state index in [-0.39, 0.29) is 5.91 Å². The van der Waals surface area contributed by atoms with E-state index in [1.807, 2.05) is 11.8 Å². The fraction of sp³-hybridized carbons (Fsp3) is 0.667. The first-order valence-electron chi connectivity index (χ1n) is 4.40. The lowest BCUT2D eigenvalue weighted by molar-refractivity contribution is -0.133. The summed E-state index contributed by atoms with van der Waals surface area (Å²) in [5.74, 6) is 0.194. The van der Waals surface area contributed by atoms with Crippen molar-refractivity contribution in [2.45, 2.75) is 19.4 Å². The fourth-order valence-corrected chi connectivity index (χ4v) is 1.37. The Balaban J connectivity index is 2.42. The van der Waals surface area contributed by atoms with Crippen LogP contribution in [0.1, 0.15) is 13.3 Å². The summed E-state index contributed by atoms with van der Waals surface area (Å²) in [6, 6.07) is 0.419. The maximum absolute atomic E-state index is 11.4. The lowest BCUT2D eigenvalue weighted by Gasteiger charge is -2.37. The van der Waals surface area contributed by atoms with Crippen LogP contribution in [-0.2, 0) is 4.79 Å². The summed E-state index contributed by atoms with van der Waals surface area (Å²) in [4.78, 5) is 13.4. The summed E-state index contributed by atoms with van der Waals surface area (Å²) in [5, 5.41) is 3.15. The van der Waals surface area contributed by atoms with E-state index in [1.165, 1.54) is 0 Å². The van der Waals surface area contributed by atoms with Gasteiger partial charge in [-0.25, -0.2) is 0 Å². The number of nitrogens with one attached hydrogen (secondary N) is 1. The van der Waals surface area contributed by atoms with Gasteiger partial charge in [0, 0.05) is 26.1 Å². The van der Waals surface area contributed by atoms with Gasteiger partial charge in [0.25, 0.3) is 0 Å². The minimum atomic E-state index is 0.194. The number of likely N-dealkylation sites (N-methyl/N-ethyl adjacent to an activating group) is 1. The second kappa shape index (κ2) is 4.26. The zero-order valence-corrected chi connectivity index (χ0v) is 7.55. The number of carbonyl (C=O) groups is 1. The van der Waals surface area contributed by atoms with E-state index in [4.69, 9.17) is 0 Å². The molecule has 0 aromatic heterocycles. The van der Waals surface area contributed by atoms with Gasteiger partial charge in [-0.1, -0.05) is 6.08 Å². The standard InChI is InChI=1S/C9H16N2O/c1-3-5-9(12)11(4-2)8-6-10-7-8/h3,8,10H,1,4-7H2,2H3. The Hall–Kier alpha value is -0.830. The van der Waals surface area contributed by atoms with Crippen molar-refractivity contribution in [2.24, 2.45) is 0 Å². The second-order valence-electron chi connectivity index (χ2n) is 2.98. The Labute approximate surface area is 73.4 Å². The first-order valence-corrected chi connectivity index (χ1v) is 4.40. The molecule has 1 fully saturated rings. The Bertz CT molecular complexity index is 175. The Morgan fingerprint density at radius 1 is 1.75 bits per heavy atom. The van der Waals surface area contributed by atoms with E-state index in [1.54, 1.807) is 6.08 Å². The van der Waals surface area contributed by atoms with Gasteiger partial charge < -0.3 is 10.2 Å². The highest BCUT2D eigenvalue weighted by Crippen LogP contribution is 2.06. The molecule has 1 heterocycles. The van der Waals surface area contributed by atoms with Crippen LogP contribution < -0.4 is 5.32 Å². The van der Waals surface area contributed by atoms with E-state index in [0.29, 0.717) is 12.5 Å². The topological polar surface area (TPSA) is 32.3 Å². The molecule has 0 bridgehead atoms. The van der Waals surface area contributed by atoms with Crippen molar-refractivity contribution in [1.82, 2.24) is 10.2 Å². The molecule has 1 amide bonds. The van der Waals surface area contributed by atoms with Gasteiger partial charge in [-0.15, -0.1) is 6.58 Å². The van der Waals surface area contributed by atoms with Crippen LogP contribution in [0.15, 0.2) is 12.7 Å². The quantitative estimate of drug-likeness (QED) is 0.616. The van der Waals surface area contributed by atoms with Crippen molar-refractivity contribution in [1.29, 1.82) is 0 Å². The molecule has 0 radical (unpaired) electrons. The molecule has 0 aromatic carbocycles. The molecule has 0 atom stereocenters. The molecule has 1 aliphatic rings. The molecule has 0 aliphatic carbocycles. The summed E-state index contributed by atoms with van der Waals surface area (Å²) in [6.45, 7) is 8.26. The lowest BCUT2D eigenvalue weighted by atomic mass is 10.1. The summed E-state index contributed by atoms with van der Waals surface area (Å²) in [7, 11) is 0. The molecule has 1 aliphatic heterocycles. The van der Waals surface area contributed by atoms with Crippen molar-refractivity contribution in [3.8, 4) is 0 Å². The van der Waals surface area contributed by atoms with E-state index >= 15 is 0 Å². The molecule has 0 unspecified atom stereocenters. The Kier molecular flexibility index (Phi) is 3.29. The molecule has 0 spiro atoms. The summed E-state index contributed by atoms with van der Waals surface area (Å²) in [5.41, 5.74) is 0. The smallest absolute Gasteiger partial charge is 0.226 e. The van der Waals surface area contributed by atoms with Crippen LogP contribution >= 0.6 is 0 Å². The highest BCUT2D eigenvalue weighted by atomic mass is 16.2. The first kappa shape index (κ1) is 9.26. The van der Waals surface area contributed by atoms with Crippen molar-refractivity contribution in [3.63, 3.8) is 0 Å². The summed E-state index contributed by atoms with van der Waals surface area (Å²) >= 11 is 0. The molecule has 1 saturated heterocycles. The van der Waals surface area contributed by atoms with Crippen LogP contribution in [0.25, 0.3) is 0 Å². The average molecular weight is 168 g/mol. The molecular weight excluding hydrogens is 152 g/mol. The van der Waals surface area contributed by atoms with Gasteiger partial charge in [0.1, 0.15) is 0 Å². The summed E-state index contributed by atoms with van der Waals surface area (Å²) in [6.07, 6.45) is 2.13. The van der Waals surface area contributed by atoms with Gasteiger partial charge in [0.2, 0.25) is 5.91 Å². The molecule has 3 nitrogen and oxygen atoms in total. The van der Waals surface area contributed by atoms with E-state index in [0.717, 1.165) is 19.6 Å². The third kappa shape index (κ3) is 1.85. The molecule has 1 rings (SSSR count). The van der Waals surface area contributed by atoms with Crippen LogP contribution in [0, 0.1) is 0 Å². The number of carbonyl (C=O) groups excluding carboxylic acids is 1. The van der Waals surface area contributed by atoms with Gasteiger partial charge in [-0.2, -0.15) is 0 Å². The molecule has 12 heavy (non-hydrogen) atoms. The van der Waals surface area contributed by atoms with Gasteiger partial charge >= 0.3 is 0 Å². The third-order valence-corrected chi connectivity index (χ3v) is 2.18.